The molecule has 0 aromatic heterocycles. The van der Waals surface area contributed by atoms with Gasteiger partial charge in [-0.3, -0.25) is 4.79 Å². The molecule has 2 saturated heterocycles. The molecular weight excluding hydrogens is 214 g/mol. The maximum absolute atomic E-state index is 12.3. The average Bonchev–Trinajstić information content (AvgIpc) is 2.96. The van der Waals surface area contributed by atoms with Crippen LogP contribution in [0, 0.1) is 17.2 Å². The quantitative estimate of drug-likeness (QED) is 0.801. The third-order valence-electron chi connectivity index (χ3n) is 3.90. The molecular formula is C13H21N3O. The molecule has 2 rings (SSSR count). The molecule has 1 amide bonds. The largest absolute Gasteiger partial charge is 0.325 e. The zero-order valence-corrected chi connectivity index (χ0v) is 10.5. The summed E-state index contributed by atoms with van der Waals surface area (Å²) in [4.78, 5) is 14.0. The molecule has 17 heavy (non-hydrogen) atoms. The Balaban J connectivity index is 1.91. The third kappa shape index (κ3) is 2.61. The molecule has 3 atom stereocenters. The van der Waals surface area contributed by atoms with Crippen LogP contribution in [0.25, 0.3) is 0 Å². The van der Waals surface area contributed by atoms with Crippen LogP contribution in [-0.2, 0) is 4.79 Å². The van der Waals surface area contributed by atoms with Crippen molar-refractivity contribution in [2.75, 3.05) is 13.1 Å². The number of hydrogen-bond acceptors (Lipinski definition) is 3. The van der Waals surface area contributed by atoms with Gasteiger partial charge >= 0.3 is 0 Å². The molecule has 0 aromatic rings. The number of hydrogen-bond donors (Lipinski definition) is 1. The van der Waals surface area contributed by atoms with E-state index in [1.807, 2.05) is 0 Å². The van der Waals surface area contributed by atoms with Crippen molar-refractivity contribution < 1.29 is 4.79 Å². The van der Waals surface area contributed by atoms with Gasteiger partial charge in [0.05, 0.1) is 12.1 Å². The Labute approximate surface area is 103 Å². The molecule has 4 nitrogen and oxygen atoms in total. The summed E-state index contributed by atoms with van der Waals surface area (Å²) in [6.45, 7) is 3.89. The zero-order chi connectivity index (χ0) is 12.3. The SMILES string of the molecule is CCC[C@@H]1CN[C@H](C(=O)N2CCC[C@H]2C#N)C1. The second kappa shape index (κ2) is 5.50. The summed E-state index contributed by atoms with van der Waals surface area (Å²) in [6.07, 6.45) is 5.12. The van der Waals surface area contributed by atoms with E-state index in [0.29, 0.717) is 5.92 Å². The van der Waals surface area contributed by atoms with Gasteiger partial charge < -0.3 is 10.2 Å². The molecule has 2 aliphatic rings. The highest BCUT2D eigenvalue weighted by molar-refractivity contribution is 5.83. The molecule has 4 heteroatoms. The molecule has 2 heterocycles. The fourth-order valence-electron chi connectivity index (χ4n) is 2.99. The molecule has 0 radical (unpaired) electrons. The first-order valence-electron chi connectivity index (χ1n) is 6.69. The Hall–Kier alpha value is -1.08. The van der Waals surface area contributed by atoms with Crippen molar-refractivity contribution in [1.29, 1.82) is 5.26 Å². The first-order chi connectivity index (χ1) is 8.26. The van der Waals surface area contributed by atoms with Gasteiger partial charge in [0, 0.05) is 6.54 Å². The van der Waals surface area contributed by atoms with E-state index in [2.05, 4.69) is 18.3 Å². The molecule has 0 unspecified atom stereocenters. The predicted molar refractivity (Wildman–Crippen MR) is 65.2 cm³/mol. The normalized spacial score (nSPS) is 32.7. The monoisotopic (exact) mass is 235 g/mol. The minimum absolute atomic E-state index is 0.0412. The highest BCUT2D eigenvalue weighted by Gasteiger charge is 2.36. The van der Waals surface area contributed by atoms with E-state index in [0.717, 1.165) is 32.4 Å². The molecule has 0 bridgehead atoms. The summed E-state index contributed by atoms with van der Waals surface area (Å²) in [5, 5.41) is 12.3. The molecule has 0 aliphatic carbocycles. The van der Waals surface area contributed by atoms with Gasteiger partial charge in [0.2, 0.25) is 5.91 Å². The molecule has 0 spiro atoms. The van der Waals surface area contributed by atoms with Crippen molar-refractivity contribution in [2.24, 2.45) is 5.92 Å². The number of carbonyl (C=O) groups excluding carboxylic acids is 1. The maximum atomic E-state index is 12.3. The van der Waals surface area contributed by atoms with Crippen molar-refractivity contribution in [3.63, 3.8) is 0 Å². The van der Waals surface area contributed by atoms with Crippen LogP contribution in [0.4, 0.5) is 0 Å². The van der Waals surface area contributed by atoms with Crippen molar-refractivity contribution >= 4 is 5.91 Å². The Morgan fingerprint density at radius 3 is 3.12 bits per heavy atom. The summed E-state index contributed by atoms with van der Waals surface area (Å²) >= 11 is 0. The summed E-state index contributed by atoms with van der Waals surface area (Å²) in [7, 11) is 0. The summed E-state index contributed by atoms with van der Waals surface area (Å²) < 4.78 is 0. The summed E-state index contributed by atoms with van der Waals surface area (Å²) in [5.74, 6) is 0.782. The van der Waals surface area contributed by atoms with Crippen LogP contribution in [-0.4, -0.2) is 36.0 Å². The summed E-state index contributed by atoms with van der Waals surface area (Å²) in [6, 6.07) is 2.01. The van der Waals surface area contributed by atoms with Gasteiger partial charge in [-0.15, -0.1) is 0 Å². The van der Waals surface area contributed by atoms with Gasteiger partial charge in [-0.2, -0.15) is 5.26 Å². The molecule has 2 aliphatic heterocycles. The number of carbonyl (C=O) groups is 1. The first-order valence-corrected chi connectivity index (χ1v) is 6.69. The lowest BCUT2D eigenvalue weighted by Crippen LogP contribution is -2.45. The van der Waals surface area contributed by atoms with E-state index >= 15 is 0 Å². The highest BCUT2D eigenvalue weighted by Crippen LogP contribution is 2.24. The van der Waals surface area contributed by atoms with Gasteiger partial charge in [0.1, 0.15) is 6.04 Å². The maximum Gasteiger partial charge on any atom is 0.240 e. The number of nitrogens with zero attached hydrogens (tertiary/aromatic N) is 2. The predicted octanol–water partition coefficient (Wildman–Crippen LogP) is 1.28. The van der Waals surface area contributed by atoms with E-state index in [4.69, 9.17) is 5.26 Å². The molecule has 0 saturated carbocycles. The lowest BCUT2D eigenvalue weighted by atomic mass is 10.00. The second-order valence-corrected chi connectivity index (χ2v) is 5.17. The van der Waals surface area contributed by atoms with Crippen molar-refractivity contribution in [3.8, 4) is 6.07 Å². The van der Waals surface area contributed by atoms with Crippen LogP contribution in [0.15, 0.2) is 0 Å². The Morgan fingerprint density at radius 2 is 2.41 bits per heavy atom. The molecule has 1 N–H and O–H groups in total. The topological polar surface area (TPSA) is 56.1 Å². The van der Waals surface area contributed by atoms with Gasteiger partial charge in [-0.1, -0.05) is 13.3 Å². The van der Waals surface area contributed by atoms with Crippen LogP contribution in [0.1, 0.15) is 39.0 Å². The van der Waals surface area contributed by atoms with Gasteiger partial charge in [-0.25, -0.2) is 0 Å². The Morgan fingerprint density at radius 1 is 1.59 bits per heavy atom. The second-order valence-electron chi connectivity index (χ2n) is 5.17. The number of amides is 1. The fraction of sp³-hybridized carbons (Fsp3) is 0.846. The Kier molecular flexibility index (Phi) is 4.01. The van der Waals surface area contributed by atoms with Gasteiger partial charge in [0.25, 0.3) is 0 Å². The standard InChI is InChI=1S/C13H21N3O/c1-2-4-10-7-12(15-9-10)13(17)16-6-3-5-11(16)8-14/h10-12,15H,2-7,9H2,1H3/t10-,11-,12-/m0/s1. The van der Waals surface area contributed by atoms with E-state index in [1.165, 1.54) is 12.8 Å². The van der Waals surface area contributed by atoms with E-state index in [1.54, 1.807) is 4.90 Å². The van der Waals surface area contributed by atoms with Crippen LogP contribution in [0.2, 0.25) is 0 Å². The molecule has 94 valence electrons. The van der Waals surface area contributed by atoms with Crippen LogP contribution < -0.4 is 5.32 Å². The number of nitrogens with one attached hydrogen (secondary N) is 1. The number of nitriles is 1. The van der Waals surface area contributed by atoms with Crippen molar-refractivity contribution in [3.05, 3.63) is 0 Å². The number of rotatable bonds is 3. The minimum atomic E-state index is -0.186. The van der Waals surface area contributed by atoms with Crippen molar-refractivity contribution in [1.82, 2.24) is 10.2 Å². The average molecular weight is 235 g/mol. The Bertz CT molecular complexity index is 323. The van der Waals surface area contributed by atoms with E-state index in [-0.39, 0.29) is 18.0 Å². The zero-order valence-electron chi connectivity index (χ0n) is 10.5. The highest BCUT2D eigenvalue weighted by atomic mass is 16.2. The lowest BCUT2D eigenvalue weighted by Gasteiger charge is -2.23. The smallest absolute Gasteiger partial charge is 0.240 e. The number of likely N-dealkylation sites (tertiary alicyclic amines) is 1. The third-order valence-corrected chi connectivity index (χ3v) is 3.90. The van der Waals surface area contributed by atoms with E-state index in [9.17, 15) is 4.79 Å². The van der Waals surface area contributed by atoms with Crippen LogP contribution >= 0.6 is 0 Å². The van der Waals surface area contributed by atoms with Gasteiger partial charge in [-0.05, 0) is 38.1 Å². The van der Waals surface area contributed by atoms with Crippen LogP contribution in [0.3, 0.4) is 0 Å². The molecule has 2 fully saturated rings. The van der Waals surface area contributed by atoms with Crippen LogP contribution in [0.5, 0.6) is 0 Å². The summed E-state index contributed by atoms with van der Waals surface area (Å²) in [5.41, 5.74) is 0. The lowest BCUT2D eigenvalue weighted by molar-refractivity contribution is -0.133. The first kappa shape index (κ1) is 12.4. The minimum Gasteiger partial charge on any atom is -0.325 e. The van der Waals surface area contributed by atoms with Gasteiger partial charge in [0.15, 0.2) is 0 Å². The van der Waals surface area contributed by atoms with E-state index < -0.39 is 0 Å². The van der Waals surface area contributed by atoms with Crippen molar-refractivity contribution in [2.45, 2.75) is 51.1 Å². The fourth-order valence-corrected chi connectivity index (χ4v) is 2.99. The molecule has 0 aromatic carbocycles.